The smallest absolute Gasteiger partial charge is 0.222 e. The number of anilines is 2. The molecule has 1 aromatic rings. The van der Waals surface area contributed by atoms with Crippen LogP contribution >= 0.6 is 0 Å². The number of nitrogens with two attached hydrogens (primary N) is 1. The number of nitrogen functional groups attached to an aromatic ring is 1. The van der Waals surface area contributed by atoms with Crippen LogP contribution in [0.1, 0.15) is 32.0 Å². The molecule has 1 amide bonds. The number of carbonyl (C=O) groups excluding carboxylic acids is 1. The summed E-state index contributed by atoms with van der Waals surface area (Å²) in [6, 6.07) is 0.331. The quantitative estimate of drug-likeness (QED) is 0.720. The van der Waals surface area contributed by atoms with Crippen molar-refractivity contribution in [3.05, 3.63) is 5.69 Å². The molecule has 1 atom stereocenters. The van der Waals surface area contributed by atoms with Gasteiger partial charge in [-0.15, -0.1) is 0 Å². The summed E-state index contributed by atoms with van der Waals surface area (Å²) in [5.41, 5.74) is 7.49. The van der Waals surface area contributed by atoms with E-state index in [1.165, 1.54) is 0 Å². The van der Waals surface area contributed by atoms with Crippen LogP contribution in [-0.4, -0.2) is 28.3 Å². The first kappa shape index (κ1) is 11.8. The van der Waals surface area contributed by atoms with Crippen LogP contribution in [0.3, 0.4) is 0 Å². The molecule has 1 fully saturated rings. The Morgan fingerprint density at radius 1 is 1.59 bits per heavy atom. The zero-order valence-electron chi connectivity index (χ0n) is 10.4. The van der Waals surface area contributed by atoms with Crippen LogP contribution in [0, 0.1) is 6.92 Å². The molecule has 0 saturated carbocycles. The lowest BCUT2D eigenvalue weighted by molar-refractivity contribution is -0.119. The van der Waals surface area contributed by atoms with Crippen LogP contribution in [0.5, 0.6) is 0 Å². The van der Waals surface area contributed by atoms with Crippen molar-refractivity contribution in [3.63, 3.8) is 0 Å². The molecule has 1 aliphatic heterocycles. The van der Waals surface area contributed by atoms with E-state index in [4.69, 9.17) is 5.73 Å². The largest absolute Gasteiger partial charge is 0.394 e. The number of nitrogens with zero attached hydrogens (tertiary/aromatic N) is 2. The predicted molar refractivity (Wildman–Crippen MR) is 66.8 cm³/mol. The number of aromatic nitrogens is 2. The number of nitrogens with one attached hydrogen (secondary N) is 2. The highest BCUT2D eigenvalue weighted by atomic mass is 16.1. The van der Waals surface area contributed by atoms with Crippen LogP contribution in [-0.2, 0) is 4.79 Å². The summed E-state index contributed by atoms with van der Waals surface area (Å²) in [7, 11) is 0. The van der Waals surface area contributed by atoms with Gasteiger partial charge in [-0.25, -0.2) is 4.68 Å². The average Bonchev–Trinajstić information content (AvgIpc) is 2.77. The first-order chi connectivity index (χ1) is 7.99. The van der Waals surface area contributed by atoms with Crippen molar-refractivity contribution in [2.24, 2.45) is 0 Å². The van der Waals surface area contributed by atoms with Crippen molar-refractivity contribution >= 4 is 17.4 Å². The maximum atomic E-state index is 11.1. The van der Waals surface area contributed by atoms with Gasteiger partial charge >= 0.3 is 0 Å². The fourth-order valence-electron chi connectivity index (χ4n) is 1.98. The normalized spacial score (nSPS) is 19.8. The van der Waals surface area contributed by atoms with Crippen LogP contribution < -0.4 is 16.4 Å². The van der Waals surface area contributed by atoms with E-state index in [1.54, 1.807) is 0 Å². The van der Waals surface area contributed by atoms with E-state index >= 15 is 0 Å². The molecule has 0 radical (unpaired) electrons. The highest BCUT2D eigenvalue weighted by molar-refractivity contribution is 5.80. The van der Waals surface area contributed by atoms with Crippen molar-refractivity contribution < 1.29 is 4.79 Å². The van der Waals surface area contributed by atoms with E-state index in [0.29, 0.717) is 18.7 Å². The molecule has 6 heteroatoms. The van der Waals surface area contributed by atoms with Crippen LogP contribution in [0.4, 0.5) is 11.5 Å². The first-order valence-corrected chi connectivity index (χ1v) is 5.87. The molecular formula is C11H19N5O. The fraction of sp³-hybridized carbons (Fsp3) is 0.636. The molecule has 0 bridgehead atoms. The first-order valence-electron chi connectivity index (χ1n) is 5.87. The van der Waals surface area contributed by atoms with Gasteiger partial charge in [0.25, 0.3) is 0 Å². The molecule has 0 spiro atoms. The van der Waals surface area contributed by atoms with Crippen molar-refractivity contribution in [3.8, 4) is 0 Å². The number of rotatable bonds is 3. The maximum Gasteiger partial charge on any atom is 0.222 e. The molecule has 0 aromatic carbocycles. The molecule has 1 aliphatic rings. The minimum atomic E-state index is 0.0772. The molecule has 2 rings (SSSR count). The van der Waals surface area contributed by atoms with E-state index in [0.717, 1.165) is 11.5 Å². The number of hydrogen-bond acceptors (Lipinski definition) is 4. The predicted octanol–water partition coefficient (Wildman–Crippen LogP) is 0.655. The summed E-state index contributed by atoms with van der Waals surface area (Å²) in [6.07, 6.45) is 0.488. The standard InChI is InChI=1S/C11H19N5O/c1-6(2)16-11(10(12)7(3)15-16)14-8-4-9(17)13-5-8/h6,8,14H,4-5,12H2,1-3H3,(H,13,17). The second kappa shape index (κ2) is 4.27. The topological polar surface area (TPSA) is 85.0 Å². The van der Waals surface area contributed by atoms with Crippen LogP contribution in [0.2, 0.25) is 0 Å². The van der Waals surface area contributed by atoms with E-state index in [2.05, 4.69) is 29.6 Å². The molecule has 6 nitrogen and oxygen atoms in total. The van der Waals surface area contributed by atoms with Crippen LogP contribution in [0.15, 0.2) is 0 Å². The van der Waals surface area contributed by atoms with Crippen molar-refractivity contribution in [2.75, 3.05) is 17.6 Å². The molecule has 4 N–H and O–H groups in total. The van der Waals surface area contributed by atoms with E-state index in [9.17, 15) is 4.79 Å². The summed E-state index contributed by atoms with van der Waals surface area (Å²) < 4.78 is 1.87. The monoisotopic (exact) mass is 237 g/mol. The maximum absolute atomic E-state index is 11.1. The third kappa shape index (κ3) is 2.20. The summed E-state index contributed by atoms with van der Waals surface area (Å²) in [5, 5.41) is 10.5. The Kier molecular flexibility index (Phi) is 2.95. The van der Waals surface area contributed by atoms with Gasteiger partial charge in [0.2, 0.25) is 5.91 Å². The number of hydrogen-bond donors (Lipinski definition) is 3. The number of aryl methyl sites for hydroxylation is 1. The van der Waals surface area contributed by atoms with Gasteiger partial charge in [-0.2, -0.15) is 5.10 Å². The Morgan fingerprint density at radius 2 is 2.29 bits per heavy atom. The lowest BCUT2D eigenvalue weighted by atomic mass is 10.2. The summed E-state index contributed by atoms with van der Waals surface area (Å²) in [4.78, 5) is 11.1. The van der Waals surface area contributed by atoms with E-state index in [-0.39, 0.29) is 18.0 Å². The molecule has 94 valence electrons. The van der Waals surface area contributed by atoms with Gasteiger partial charge in [0.1, 0.15) is 5.82 Å². The molecule has 1 saturated heterocycles. The van der Waals surface area contributed by atoms with Gasteiger partial charge in [-0.3, -0.25) is 4.79 Å². The minimum Gasteiger partial charge on any atom is -0.394 e. The van der Waals surface area contributed by atoms with Crippen molar-refractivity contribution in [1.82, 2.24) is 15.1 Å². The Bertz CT molecular complexity index is 437. The second-order valence-corrected chi connectivity index (χ2v) is 4.74. The van der Waals surface area contributed by atoms with Gasteiger partial charge in [0, 0.05) is 19.0 Å². The third-order valence-corrected chi connectivity index (χ3v) is 2.94. The van der Waals surface area contributed by atoms with Crippen molar-refractivity contribution in [1.29, 1.82) is 0 Å². The number of carbonyl (C=O) groups is 1. The van der Waals surface area contributed by atoms with E-state index < -0.39 is 0 Å². The molecule has 1 unspecified atom stereocenters. The third-order valence-electron chi connectivity index (χ3n) is 2.94. The van der Waals surface area contributed by atoms with Gasteiger partial charge in [0.05, 0.1) is 17.4 Å². The number of amides is 1. The fourth-order valence-corrected chi connectivity index (χ4v) is 1.98. The van der Waals surface area contributed by atoms with Gasteiger partial charge in [-0.05, 0) is 20.8 Å². The van der Waals surface area contributed by atoms with Gasteiger partial charge < -0.3 is 16.4 Å². The highest BCUT2D eigenvalue weighted by Crippen LogP contribution is 2.26. The molecule has 1 aromatic heterocycles. The molecule has 0 aliphatic carbocycles. The Labute approximate surface area is 101 Å². The Hall–Kier alpha value is -1.72. The van der Waals surface area contributed by atoms with Gasteiger partial charge in [-0.1, -0.05) is 0 Å². The second-order valence-electron chi connectivity index (χ2n) is 4.74. The molecule has 2 heterocycles. The SMILES string of the molecule is Cc1nn(C(C)C)c(NC2CNC(=O)C2)c1N. The Morgan fingerprint density at radius 3 is 2.82 bits per heavy atom. The van der Waals surface area contributed by atoms with E-state index in [1.807, 2.05) is 11.6 Å². The van der Waals surface area contributed by atoms with Crippen molar-refractivity contribution in [2.45, 2.75) is 39.3 Å². The molecule has 17 heavy (non-hydrogen) atoms. The van der Waals surface area contributed by atoms with Gasteiger partial charge in [0.15, 0.2) is 0 Å². The van der Waals surface area contributed by atoms with Crippen LogP contribution in [0.25, 0.3) is 0 Å². The highest BCUT2D eigenvalue weighted by Gasteiger charge is 2.24. The minimum absolute atomic E-state index is 0.0772. The summed E-state index contributed by atoms with van der Waals surface area (Å²) in [6.45, 7) is 6.63. The zero-order chi connectivity index (χ0) is 12.6. The Balaban J connectivity index is 2.22. The average molecular weight is 237 g/mol. The summed E-state index contributed by atoms with van der Waals surface area (Å²) in [5.74, 6) is 0.896. The molecular weight excluding hydrogens is 218 g/mol. The summed E-state index contributed by atoms with van der Waals surface area (Å²) >= 11 is 0. The zero-order valence-corrected chi connectivity index (χ0v) is 10.4. The lowest BCUT2D eigenvalue weighted by Gasteiger charge is -2.16. The lowest BCUT2D eigenvalue weighted by Crippen LogP contribution is -2.25.